The Kier molecular flexibility index (Phi) is 3.94. The molecule has 1 N–H and O–H groups in total. The Hall–Kier alpha value is -1.50. The maximum absolute atomic E-state index is 11.7. The van der Waals surface area contributed by atoms with E-state index in [1.807, 2.05) is 5.32 Å². The molecular weight excluding hydrogens is 249 g/mol. The summed E-state index contributed by atoms with van der Waals surface area (Å²) in [4.78, 5) is 14.5. The predicted octanol–water partition coefficient (Wildman–Crippen LogP) is 2.85. The van der Waals surface area contributed by atoms with Crippen LogP contribution in [0.25, 0.3) is 0 Å². The smallest absolute Gasteiger partial charge is 0.422 e. The van der Waals surface area contributed by atoms with E-state index in [0.29, 0.717) is 0 Å². The van der Waals surface area contributed by atoms with E-state index in [1.54, 1.807) is 0 Å². The molecule has 0 aliphatic rings. The number of halogens is 4. The van der Waals surface area contributed by atoms with Crippen molar-refractivity contribution in [2.75, 3.05) is 11.9 Å². The number of amides is 1. The third kappa shape index (κ3) is 4.35. The van der Waals surface area contributed by atoms with Crippen LogP contribution in [-0.4, -0.2) is 23.9 Å². The molecule has 0 radical (unpaired) electrons. The summed E-state index contributed by atoms with van der Waals surface area (Å²) in [5.74, 6) is 0. The first-order valence-corrected chi connectivity index (χ1v) is 4.36. The normalized spacial score (nSPS) is 11.0. The van der Waals surface area contributed by atoms with E-state index in [1.165, 1.54) is 18.5 Å². The van der Waals surface area contributed by atoms with Crippen LogP contribution in [0.2, 0.25) is 5.02 Å². The van der Waals surface area contributed by atoms with E-state index in [0.717, 1.165) is 0 Å². The molecule has 4 nitrogen and oxygen atoms in total. The van der Waals surface area contributed by atoms with Gasteiger partial charge in [-0.1, -0.05) is 11.6 Å². The molecule has 1 heterocycles. The van der Waals surface area contributed by atoms with Gasteiger partial charge in [0.25, 0.3) is 0 Å². The number of carbonyl (C=O) groups is 1. The predicted molar refractivity (Wildman–Crippen MR) is 50.3 cm³/mol. The Labute approximate surface area is 93.4 Å². The number of rotatable bonds is 2. The molecule has 16 heavy (non-hydrogen) atoms. The van der Waals surface area contributed by atoms with Crippen LogP contribution in [0.4, 0.5) is 23.7 Å². The SMILES string of the molecule is O=C(Nc1cnccc1Cl)OCC(F)(F)F. The molecule has 88 valence electrons. The van der Waals surface area contributed by atoms with E-state index in [2.05, 4.69) is 9.72 Å². The third-order valence-electron chi connectivity index (χ3n) is 1.37. The molecule has 0 aliphatic heterocycles. The summed E-state index contributed by atoms with van der Waals surface area (Å²) in [6, 6.07) is 1.38. The Morgan fingerprint density at radius 1 is 1.56 bits per heavy atom. The van der Waals surface area contributed by atoms with Crippen molar-refractivity contribution in [3.63, 3.8) is 0 Å². The fourth-order valence-electron chi connectivity index (χ4n) is 0.763. The fourth-order valence-corrected chi connectivity index (χ4v) is 0.915. The molecule has 0 spiro atoms. The van der Waals surface area contributed by atoms with Gasteiger partial charge in [-0.05, 0) is 6.07 Å². The van der Waals surface area contributed by atoms with Gasteiger partial charge in [0, 0.05) is 6.20 Å². The summed E-state index contributed by atoms with van der Waals surface area (Å²) in [5, 5.41) is 2.18. The summed E-state index contributed by atoms with van der Waals surface area (Å²) in [7, 11) is 0. The molecule has 1 rings (SSSR count). The van der Waals surface area contributed by atoms with Gasteiger partial charge < -0.3 is 4.74 Å². The Bertz CT molecular complexity index is 384. The van der Waals surface area contributed by atoms with Crippen molar-refractivity contribution in [3.05, 3.63) is 23.5 Å². The number of aromatic nitrogens is 1. The Morgan fingerprint density at radius 3 is 2.81 bits per heavy atom. The number of carbonyl (C=O) groups excluding carboxylic acids is 1. The summed E-state index contributed by atoms with van der Waals surface area (Å²) in [5.41, 5.74) is 0.0799. The van der Waals surface area contributed by atoms with E-state index in [9.17, 15) is 18.0 Å². The van der Waals surface area contributed by atoms with Crippen molar-refractivity contribution in [2.45, 2.75) is 6.18 Å². The van der Waals surface area contributed by atoms with Gasteiger partial charge in [0.1, 0.15) is 0 Å². The van der Waals surface area contributed by atoms with Gasteiger partial charge in [-0.15, -0.1) is 0 Å². The lowest BCUT2D eigenvalue weighted by Gasteiger charge is -2.09. The lowest BCUT2D eigenvalue weighted by atomic mass is 10.4. The van der Waals surface area contributed by atoms with E-state index in [-0.39, 0.29) is 10.7 Å². The van der Waals surface area contributed by atoms with Crippen LogP contribution >= 0.6 is 11.6 Å². The molecule has 0 fully saturated rings. The Balaban J connectivity index is 2.50. The van der Waals surface area contributed by atoms with Gasteiger partial charge in [0.05, 0.1) is 16.9 Å². The first-order valence-electron chi connectivity index (χ1n) is 3.98. The van der Waals surface area contributed by atoms with Gasteiger partial charge in [-0.25, -0.2) is 4.79 Å². The molecule has 0 atom stereocenters. The minimum Gasteiger partial charge on any atom is -0.440 e. The van der Waals surface area contributed by atoms with Crippen LogP contribution in [0.15, 0.2) is 18.5 Å². The number of hydrogen-bond acceptors (Lipinski definition) is 3. The minimum absolute atomic E-state index is 0.0799. The molecule has 0 unspecified atom stereocenters. The minimum atomic E-state index is -4.56. The Morgan fingerprint density at radius 2 is 2.25 bits per heavy atom. The number of pyridine rings is 1. The number of hydrogen-bond donors (Lipinski definition) is 1. The number of nitrogens with one attached hydrogen (secondary N) is 1. The summed E-state index contributed by atoms with van der Waals surface area (Å²) in [6.07, 6.45) is -3.24. The molecule has 1 amide bonds. The second kappa shape index (κ2) is 5.02. The number of nitrogens with zero attached hydrogens (tertiary/aromatic N) is 1. The average Bonchev–Trinajstić information content (AvgIpc) is 2.18. The fraction of sp³-hybridized carbons (Fsp3) is 0.250. The second-order valence-electron chi connectivity index (χ2n) is 2.67. The summed E-state index contributed by atoms with van der Waals surface area (Å²) >= 11 is 5.63. The van der Waals surface area contributed by atoms with Gasteiger partial charge in [0.2, 0.25) is 0 Å². The zero-order valence-corrected chi connectivity index (χ0v) is 8.47. The molecule has 0 saturated heterocycles. The molecule has 0 saturated carbocycles. The van der Waals surface area contributed by atoms with Crippen LogP contribution < -0.4 is 5.32 Å². The zero-order chi connectivity index (χ0) is 12.2. The van der Waals surface area contributed by atoms with Crippen molar-refractivity contribution in [1.82, 2.24) is 4.98 Å². The summed E-state index contributed by atoms with van der Waals surface area (Å²) < 4.78 is 39.0. The molecule has 0 bridgehead atoms. The molecular formula is C8H6ClF3N2O2. The highest BCUT2D eigenvalue weighted by Gasteiger charge is 2.29. The van der Waals surface area contributed by atoms with E-state index < -0.39 is 18.9 Å². The van der Waals surface area contributed by atoms with Gasteiger partial charge in [-0.3, -0.25) is 10.3 Å². The van der Waals surface area contributed by atoms with Crippen molar-refractivity contribution in [1.29, 1.82) is 0 Å². The maximum atomic E-state index is 11.7. The van der Waals surface area contributed by atoms with E-state index in [4.69, 9.17) is 11.6 Å². The monoisotopic (exact) mass is 254 g/mol. The molecule has 0 aliphatic carbocycles. The summed E-state index contributed by atoms with van der Waals surface area (Å²) in [6.45, 7) is -1.66. The molecule has 1 aromatic heterocycles. The maximum Gasteiger partial charge on any atom is 0.422 e. The van der Waals surface area contributed by atoms with Gasteiger partial charge >= 0.3 is 12.3 Å². The van der Waals surface area contributed by atoms with Gasteiger partial charge in [0.15, 0.2) is 6.61 Å². The number of alkyl halides is 3. The largest absolute Gasteiger partial charge is 0.440 e. The first-order chi connectivity index (χ1) is 7.38. The van der Waals surface area contributed by atoms with Crippen LogP contribution in [-0.2, 0) is 4.74 Å². The number of anilines is 1. The van der Waals surface area contributed by atoms with Crippen molar-refractivity contribution in [2.24, 2.45) is 0 Å². The topological polar surface area (TPSA) is 51.2 Å². The van der Waals surface area contributed by atoms with Crippen molar-refractivity contribution in [3.8, 4) is 0 Å². The molecule has 8 heteroatoms. The van der Waals surface area contributed by atoms with Gasteiger partial charge in [-0.2, -0.15) is 13.2 Å². The van der Waals surface area contributed by atoms with Crippen molar-refractivity contribution < 1.29 is 22.7 Å². The van der Waals surface area contributed by atoms with Crippen LogP contribution in [0, 0.1) is 0 Å². The van der Waals surface area contributed by atoms with Crippen LogP contribution in [0.5, 0.6) is 0 Å². The van der Waals surface area contributed by atoms with Crippen LogP contribution in [0.1, 0.15) is 0 Å². The third-order valence-corrected chi connectivity index (χ3v) is 1.70. The quantitative estimate of drug-likeness (QED) is 0.883. The highest BCUT2D eigenvalue weighted by Crippen LogP contribution is 2.20. The molecule has 1 aromatic rings. The molecule has 0 aromatic carbocycles. The average molecular weight is 255 g/mol. The van der Waals surface area contributed by atoms with E-state index >= 15 is 0 Å². The number of ether oxygens (including phenoxy) is 1. The standard InChI is InChI=1S/C8H6ClF3N2O2/c9-5-1-2-13-3-6(5)14-7(15)16-4-8(10,11)12/h1-3H,4H2,(H,14,15). The van der Waals surface area contributed by atoms with Crippen LogP contribution in [0.3, 0.4) is 0 Å². The zero-order valence-electron chi connectivity index (χ0n) is 7.71. The second-order valence-corrected chi connectivity index (χ2v) is 3.08. The highest BCUT2D eigenvalue weighted by molar-refractivity contribution is 6.33. The lowest BCUT2D eigenvalue weighted by Crippen LogP contribution is -2.23. The van der Waals surface area contributed by atoms with Crippen molar-refractivity contribution >= 4 is 23.4 Å². The first kappa shape index (κ1) is 12.6. The highest BCUT2D eigenvalue weighted by atomic mass is 35.5. The lowest BCUT2D eigenvalue weighted by molar-refractivity contribution is -0.159.